The molecule has 0 unspecified atom stereocenters. The van der Waals surface area contributed by atoms with Gasteiger partial charge in [0.1, 0.15) is 17.0 Å². The summed E-state index contributed by atoms with van der Waals surface area (Å²) in [6.07, 6.45) is 3.13. The molecule has 12 nitrogen and oxygen atoms in total. The van der Waals surface area contributed by atoms with Crippen LogP contribution in [-0.4, -0.2) is 42.1 Å². The number of nitrogens with one attached hydrogen (secondary N) is 3. The van der Waals surface area contributed by atoms with Gasteiger partial charge in [-0.05, 0) is 34.7 Å². The highest BCUT2D eigenvalue weighted by molar-refractivity contribution is 6.11. The topological polar surface area (TPSA) is 175 Å². The lowest BCUT2D eigenvalue weighted by molar-refractivity contribution is 0.0984. The molecule has 6 aromatic rings. The molecule has 12 heteroatoms. The largest absolute Gasteiger partial charge is 0.507 e. The Kier molecular flexibility index (Phi) is 4.90. The number of nitrogens with zero attached hydrogens (tertiary/aromatic N) is 7. The van der Waals surface area contributed by atoms with Gasteiger partial charge in [-0.25, -0.2) is 9.97 Å². The van der Waals surface area contributed by atoms with Gasteiger partial charge in [0.05, 0.1) is 18.3 Å². The molecule has 3 aromatic heterocycles. The normalized spacial score (nSPS) is 14.7. The van der Waals surface area contributed by atoms with E-state index in [1.54, 1.807) is 41.6 Å². The van der Waals surface area contributed by atoms with Gasteiger partial charge in [-0.2, -0.15) is 0 Å². The van der Waals surface area contributed by atoms with E-state index in [1.165, 1.54) is 6.33 Å². The highest BCUT2D eigenvalue weighted by atomic mass is 16.3. The second kappa shape index (κ2) is 8.47. The third-order valence-electron chi connectivity index (χ3n) is 7.26. The summed E-state index contributed by atoms with van der Waals surface area (Å²) >= 11 is 0. The lowest BCUT2D eigenvalue weighted by Gasteiger charge is -2.18. The maximum Gasteiger partial charge on any atom is 0.274 e. The van der Waals surface area contributed by atoms with Crippen LogP contribution in [0.4, 0.5) is 11.4 Å². The summed E-state index contributed by atoms with van der Waals surface area (Å²) in [5.41, 5.74) is 13.2. The summed E-state index contributed by atoms with van der Waals surface area (Å²) in [6, 6.07) is 16.2. The van der Waals surface area contributed by atoms with Crippen molar-refractivity contribution in [3.8, 4) is 5.75 Å². The molecular formula is C27H20N10O2. The molecule has 39 heavy (non-hydrogen) atoms. The number of imidazole rings is 1. The van der Waals surface area contributed by atoms with E-state index in [4.69, 9.17) is 10.9 Å². The Morgan fingerprint density at radius 2 is 2.03 bits per heavy atom. The van der Waals surface area contributed by atoms with E-state index in [0.717, 1.165) is 21.9 Å². The van der Waals surface area contributed by atoms with Crippen molar-refractivity contribution < 1.29 is 9.90 Å². The first kappa shape index (κ1) is 22.6. The first-order valence-electron chi connectivity index (χ1n) is 12.2. The molecule has 4 N–H and O–H groups in total. The number of fused-ring (bicyclic) bond motifs is 5. The minimum absolute atomic E-state index is 0.0982. The Labute approximate surface area is 219 Å². The Bertz CT molecular complexity index is 2060. The monoisotopic (exact) mass is 516 g/mol. The number of carbonyl (C=O) groups is 1. The van der Waals surface area contributed by atoms with Crippen LogP contribution in [-0.2, 0) is 6.54 Å². The van der Waals surface area contributed by atoms with E-state index in [0.29, 0.717) is 46.7 Å². The third kappa shape index (κ3) is 3.50. The van der Waals surface area contributed by atoms with Gasteiger partial charge in [0.25, 0.3) is 5.91 Å². The lowest BCUT2D eigenvalue weighted by atomic mass is 9.94. The molecule has 1 amide bonds. The number of phenolic OH excluding ortho intramolecular Hbond substituents is 1. The number of rotatable bonds is 4. The number of H-pyrrole nitrogens is 2. The molecule has 0 saturated heterocycles. The lowest BCUT2D eigenvalue weighted by Crippen LogP contribution is -2.31. The summed E-state index contributed by atoms with van der Waals surface area (Å²) in [5.74, 6) is -0.288. The van der Waals surface area contributed by atoms with Crippen LogP contribution in [0.5, 0.6) is 5.75 Å². The van der Waals surface area contributed by atoms with Gasteiger partial charge < -0.3 is 24.5 Å². The van der Waals surface area contributed by atoms with Crippen molar-refractivity contribution in [2.75, 3.05) is 11.4 Å². The van der Waals surface area contributed by atoms with Crippen LogP contribution in [0.2, 0.25) is 0 Å². The molecule has 0 radical (unpaired) electrons. The number of hydrogen-bond acceptors (Lipinski definition) is 6. The van der Waals surface area contributed by atoms with E-state index in [9.17, 15) is 9.90 Å². The zero-order chi connectivity index (χ0) is 26.7. The molecule has 1 aliphatic rings. The fraction of sp³-hybridized carbons (Fsp3) is 0.111. The molecule has 0 saturated carbocycles. The first-order valence-corrected chi connectivity index (χ1v) is 12.2. The Morgan fingerprint density at radius 3 is 2.87 bits per heavy atom. The summed E-state index contributed by atoms with van der Waals surface area (Å²) in [6.45, 7) is 0.824. The maximum absolute atomic E-state index is 13.9. The van der Waals surface area contributed by atoms with Crippen molar-refractivity contribution in [3.63, 3.8) is 0 Å². The van der Waals surface area contributed by atoms with Gasteiger partial charge in [0, 0.05) is 52.0 Å². The van der Waals surface area contributed by atoms with Crippen LogP contribution in [0.3, 0.4) is 0 Å². The van der Waals surface area contributed by atoms with Gasteiger partial charge in [-0.15, -0.1) is 0 Å². The van der Waals surface area contributed by atoms with Crippen molar-refractivity contribution in [1.82, 2.24) is 24.5 Å². The molecule has 7 rings (SSSR count). The minimum atomic E-state index is -0.246. The summed E-state index contributed by atoms with van der Waals surface area (Å²) in [5, 5.41) is 24.9. The maximum atomic E-state index is 13.9. The van der Waals surface area contributed by atoms with Crippen LogP contribution in [0, 0.1) is 5.41 Å². The Hall–Kier alpha value is -5.61. The van der Waals surface area contributed by atoms with Crippen molar-refractivity contribution in [1.29, 1.82) is 5.41 Å². The van der Waals surface area contributed by atoms with Gasteiger partial charge in [0.15, 0.2) is 11.1 Å². The summed E-state index contributed by atoms with van der Waals surface area (Å²) in [7, 11) is 0. The predicted molar refractivity (Wildman–Crippen MR) is 145 cm³/mol. The molecule has 4 heterocycles. The minimum Gasteiger partial charge on any atom is -0.507 e. The SMILES string of the molecule is [N-]=[N+]=Nc1ccc2[nH]c(C(=O)N3C[C@@H](Cn4cnc(=N)c5[nH]cnc54)c4c3cc(O)c3ccccc43)cc2c1. The van der Waals surface area contributed by atoms with Crippen molar-refractivity contribution >= 4 is 50.1 Å². The molecule has 0 spiro atoms. The van der Waals surface area contributed by atoms with Crippen LogP contribution in [0.15, 0.2) is 72.4 Å². The number of azide groups is 1. The molecular weight excluding hydrogens is 496 g/mol. The highest BCUT2D eigenvalue weighted by Crippen LogP contribution is 2.46. The first-order chi connectivity index (χ1) is 19.0. The van der Waals surface area contributed by atoms with Crippen LogP contribution in [0.25, 0.3) is 43.3 Å². The second-order valence-electron chi connectivity index (χ2n) is 9.48. The van der Waals surface area contributed by atoms with E-state index >= 15 is 0 Å². The number of aromatic nitrogens is 5. The number of benzene rings is 3. The standard InChI is InChI=1S/C27H20N10O2/c28-25-24-26(31-12-30-24)36(13-32-25)10-15-11-37(21-9-22(38)17-3-1-2-4-18(17)23(15)21)27(39)20-8-14-7-16(34-35-29)5-6-19(14)33-20/h1-9,12-13,15,28,33,38H,10-11H2,(H,30,31)/t15-/m1/s1. The average Bonchev–Trinajstić information content (AvgIpc) is 3.68. The molecule has 1 atom stereocenters. The second-order valence-corrected chi connectivity index (χ2v) is 9.48. The van der Waals surface area contributed by atoms with Crippen molar-refractivity contribution in [3.05, 3.63) is 94.4 Å². The Balaban J connectivity index is 1.35. The predicted octanol–water partition coefficient (Wildman–Crippen LogP) is 4.96. The molecule has 0 fully saturated rings. The zero-order valence-corrected chi connectivity index (χ0v) is 20.3. The van der Waals surface area contributed by atoms with Gasteiger partial charge in [0.2, 0.25) is 0 Å². The smallest absolute Gasteiger partial charge is 0.274 e. The number of aromatic hydroxyl groups is 1. The van der Waals surface area contributed by atoms with Gasteiger partial charge in [-0.1, -0.05) is 35.4 Å². The van der Waals surface area contributed by atoms with E-state index < -0.39 is 0 Å². The highest BCUT2D eigenvalue weighted by Gasteiger charge is 2.36. The number of aromatic amines is 2. The van der Waals surface area contributed by atoms with Gasteiger partial charge in [-0.3, -0.25) is 10.2 Å². The van der Waals surface area contributed by atoms with E-state index in [2.05, 4.69) is 30.0 Å². The van der Waals surface area contributed by atoms with Crippen LogP contribution < -0.4 is 10.4 Å². The van der Waals surface area contributed by atoms with Crippen molar-refractivity contribution in [2.24, 2.45) is 5.11 Å². The van der Waals surface area contributed by atoms with Gasteiger partial charge >= 0.3 is 0 Å². The number of carbonyl (C=O) groups excluding carboxylic acids is 1. The molecule has 1 aliphatic heterocycles. The molecule has 190 valence electrons. The molecule has 3 aromatic carbocycles. The zero-order valence-electron chi connectivity index (χ0n) is 20.3. The third-order valence-corrected chi connectivity index (χ3v) is 7.26. The van der Waals surface area contributed by atoms with Crippen LogP contribution >= 0.6 is 0 Å². The fourth-order valence-electron chi connectivity index (χ4n) is 5.56. The van der Waals surface area contributed by atoms with Crippen LogP contribution in [0.1, 0.15) is 22.0 Å². The summed E-state index contributed by atoms with van der Waals surface area (Å²) < 4.78 is 1.88. The van der Waals surface area contributed by atoms with E-state index in [1.807, 2.05) is 28.8 Å². The number of amides is 1. The fourth-order valence-corrected chi connectivity index (χ4v) is 5.56. The summed E-state index contributed by atoms with van der Waals surface area (Å²) in [4.78, 5) is 33.2. The average molecular weight is 517 g/mol. The van der Waals surface area contributed by atoms with E-state index in [-0.39, 0.29) is 23.1 Å². The molecule has 0 aliphatic carbocycles. The number of phenols is 1. The quantitative estimate of drug-likeness (QED) is 0.147. The number of hydrogen-bond donors (Lipinski definition) is 4. The molecule has 0 bridgehead atoms. The Morgan fingerprint density at radius 1 is 1.18 bits per heavy atom. The number of anilines is 1. The van der Waals surface area contributed by atoms with Crippen molar-refractivity contribution in [2.45, 2.75) is 12.5 Å².